The second-order valence-electron chi connectivity index (χ2n) is 7.21. The molecular weight excluding hydrogens is 393 g/mol. The van der Waals surface area contributed by atoms with Crippen molar-refractivity contribution >= 4 is 17.6 Å². The number of hydroxylamine groups is 2. The molecule has 0 saturated carbocycles. The first-order chi connectivity index (χ1) is 14.3. The molecule has 0 aliphatic carbocycles. The zero-order valence-electron chi connectivity index (χ0n) is 17.5. The minimum atomic E-state index is -0.318. The second kappa shape index (κ2) is 8.80. The van der Waals surface area contributed by atoms with Crippen LogP contribution in [0.15, 0.2) is 18.2 Å². The Hall–Kier alpha value is -2.98. The van der Waals surface area contributed by atoms with Crippen LogP contribution in [0, 0.1) is 12.7 Å². The molecule has 3 amide bonds. The topological polar surface area (TPSA) is 99.9 Å². The summed E-state index contributed by atoms with van der Waals surface area (Å²) in [4.78, 5) is 32.5. The number of aliphatic hydroxyl groups is 1. The summed E-state index contributed by atoms with van der Waals surface area (Å²) in [6.07, 6.45) is 0.559. The molecule has 4 rings (SSSR count). The van der Waals surface area contributed by atoms with E-state index in [1.54, 1.807) is 29.6 Å². The molecule has 1 atom stereocenters. The van der Waals surface area contributed by atoms with Crippen LogP contribution in [0.5, 0.6) is 0 Å². The van der Waals surface area contributed by atoms with Crippen molar-refractivity contribution in [1.82, 2.24) is 19.7 Å². The molecule has 9 nitrogen and oxygen atoms in total. The summed E-state index contributed by atoms with van der Waals surface area (Å²) in [6.45, 7) is 4.71. The van der Waals surface area contributed by atoms with Gasteiger partial charge in [-0.2, -0.15) is 5.10 Å². The van der Waals surface area contributed by atoms with E-state index in [9.17, 15) is 14.0 Å². The van der Waals surface area contributed by atoms with Crippen molar-refractivity contribution in [2.45, 2.75) is 39.4 Å². The molecule has 162 valence electrons. The van der Waals surface area contributed by atoms with Gasteiger partial charge < -0.3 is 15.3 Å². The number of urea groups is 1. The van der Waals surface area contributed by atoms with Crippen molar-refractivity contribution in [3.8, 4) is 0 Å². The Labute approximate surface area is 174 Å². The molecule has 0 radical (unpaired) electrons. The summed E-state index contributed by atoms with van der Waals surface area (Å²) in [5.74, 6) is -0.586. The van der Waals surface area contributed by atoms with E-state index in [0.717, 1.165) is 18.4 Å². The van der Waals surface area contributed by atoms with Gasteiger partial charge in [-0.05, 0) is 37.6 Å². The molecule has 2 aliphatic rings. The molecule has 30 heavy (non-hydrogen) atoms. The molecule has 2 aromatic rings. The zero-order chi connectivity index (χ0) is 22.0. The fraction of sp³-hybridized carbons (Fsp3) is 0.450. The number of hydrogen-bond acceptors (Lipinski definition) is 5. The lowest BCUT2D eigenvalue weighted by Crippen LogP contribution is -2.45. The first-order valence-corrected chi connectivity index (χ1v) is 9.63. The summed E-state index contributed by atoms with van der Waals surface area (Å²) in [7, 11) is 2.57. The van der Waals surface area contributed by atoms with Crippen LogP contribution in [0.2, 0.25) is 0 Å². The van der Waals surface area contributed by atoms with Crippen LogP contribution in [-0.4, -0.2) is 63.6 Å². The fourth-order valence-corrected chi connectivity index (χ4v) is 3.66. The number of fused-ring (bicyclic) bond motifs is 3. The van der Waals surface area contributed by atoms with Crippen LogP contribution in [0.3, 0.4) is 0 Å². The van der Waals surface area contributed by atoms with E-state index in [0.29, 0.717) is 36.5 Å². The van der Waals surface area contributed by atoms with Crippen LogP contribution in [0.4, 0.5) is 14.9 Å². The number of halogens is 1. The SMILES string of the molecule is CO.Cc1cc(NC(=O)N2Cc3c(nn4c3C(=O)N(C)OCC4)C[C@H]2C)ccc1F. The summed E-state index contributed by atoms with van der Waals surface area (Å²) in [6, 6.07) is 4.07. The molecule has 3 heterocycles. The summed E-state index contributed by atoms with van der Waals surface area (Å²) < 4.78 is 15.1. The highest BCUT2D eigenvalue weighted by atomic mass is 19.1. The maximum absolute atomic E-state index is 13.5. The lowest BCUT2D eigenvalue weighted by atomic mass is 9.99. The molecule has 0 bridgehead atoms. The van der Waals surface area contributed by atoms with Crippen molar-refractivity contribution in [2.24, 2.45) is 0 Å². The number of rotatable bonds is 1. The van der Waals surface area contributed by atoms with Crippen LogP contribution in [-0.2, 0) is 24.3 Å². The van der Waals surface area contributed by atoms with Gasteiger partial charge in [0.2, 0.25) is 0 Å². The minimum Gasteiger partial charge on any atom is -0.400 e. The minimum absolute atomic E-state index is 0.0859. The van der Waals surface area contributed by atoms with Crippen LogP contribution < -0.4 is 5.32 Å². The lowest BCUT2D eigenvalue weighted by Gasteiger charge is -2.33. The summed E-state index contributed by atoms with van der Waals surface area (Å²) in [5, 5.41) is 15.6. The highest BCUT2D eigenvalue weighted by Gasteiger charge is 2.35. The Balaban J connectivity index is 0.00000124. The molecule has 1 aromatic heterocycles. The van der Waals surface area contributed by atoms with Gasteiger partial charge in [-0.1, -0.05) is 0 Å². The maximum atomic E-state index is 13.5. The Morgan fingerprint density at radius 3 is 2.80 bits per heavy atom. The predicted octanol–water partition coefficient (Wildman–Crippen LogP) is 1.94. The van der Waals surface area contributed by atoms with E-state index in [2.05, 4.69) is 10.4 Å². The summed E-state index contributed by atoms with van der Waals surface area (Å²) >= 11 is 0. The molecule has 0 unspecified atom stereocenters. The number of amides is 3. The van der Waals surface area contributed by atoms with E-state index in [-0.39, 0.29) is 30.3 Å². The Morgan fingerprint density at radius 1 is 1.37 bits per heavy atom. The van der Waals surface area contributed by atoms with Crippen LogP contribution in [0.1, 0.15) is 34.2 Å². The van der Waals surface area contributed by atoms with Crippen molar-refractivity contribution < 1.29 is 23.9 Å². The normalized spacial score (nSPS) is 18.1. The summed E-state index contributed by atoms with van der Waals surface area (Å²) in [5.41, 5.74) is 3.05. The van der Waals surface area contributed by atoms with Crippen molar-refractivity contribution in [2.75, 3.05) is 26.1 Å². The van der Waals surface area contributed by atoms with Crippen LogP contribution in [0.25, 0.3) is 0 Å². The number of aliphatic hydroxyl groups excluding tert-OH is 1. The van der Waals surface area contributed by atoms with Gasteiger partial charge in [0, 0.05) is 37.9 Å². The third-order valence-electron chi connectivity index (χ3n) is 5.23. The van der Waals surface area contributed by atoms with Gasteiger partial charge in [0.25, 0.3) is 5.91 Å². The van der Waals surface area contributed by atoms with Crippen molar-refractivity contribution in [3.63, 3.8) is 0 Å². The molecule has 2 aliphatic heterocycles. The van der Waals surface area contributed by atoms with E-state index in [1.807, 2.05) is 6.92 Å². The molecule has 0 fully saturated rings. The second-order valence-corrected chi connectivity index (χ2v) is 7.21. The first-order valence-electron chi connectivity index (χ1n) is 9.63. The molecule has 0 spiro atoms. The number of hydrogen-bond donors (Lipinski definition) is 2. The third-order valence-corrected chi connectivity index (χ3v) is 5.23. The standard InChI is InChI=1S/C19H22FN5O3.CH4O/c1-11-8-13(4-5-15(11)20)21-19(27)24-10-14-16(9-12(24)2)22-25-6-7-28-23(3)18(26)17(14)25;1-2/h4-5,8,12H,6-7,9-10H2,1-3H3,(H,21,27);2H,1H3/t12-;/m1./s1. The average molecular weight is 419 g/mol. The van der Waals surface area contributed by atoms with Gasteiger partial charge in [0.1, 0.15) is 11.5 Å². The number of anilines is 1. The van der Waals surface area contributed by atoms with E-state index >= 15 is 0 Å². The first kappa shape index (κ1) is 21.7. The Bertz CT molecular complexity index is 961. The number of carbonyl (C=O) groups excluding carboxylic acids is 2. The number of benzene rings is 1. The Morgan fingerprint density at radius 2 is 2.10 bits per heavy atom. The quantitative estimate of drug-likeness (QED) is 0.736. The molecule has 0 saturated heterocycles. The largest absolute Gasteiger partial charge is 0.400 e. The number of nitrogens with zero attached hydrogens (tertiary/aromatic N) is 4. The lowest BCUT2D eigenvalue weighted by molar-refractivity contribution is -0.103. The highest BCUT2D eigenvalue weighted by Crippen LogP contribution is 2.28. The Kier molecular flexibility index (Phi) is 6.37. The maximum Gasteiger partial charge on any atom is 0.322 e. The van der Waals surface area contributed by atoms with Gasteiger partial charge >= 0.3 is 6.03 Å². The van der Waals surface area contributed by atoms with Crippen LogP contribution >= 0.6 is 0 Å². The van der Waals surface area contributed by atoms with Gasteiger partial charge in [-0.15, -0.1) is 0 Å². The monoisotopic (exact) mass is 419 g/mol. The fourth-order valence-electron chi connectivity index (χ4n) is 3.66. The van der Waals surface area contributed by atoms with E-state index in [1.165, 1.54) is 17.2 Å². The number of carbonyl (C=O) groups is 2. The number of aromatic nitrogens is 2. The predicted molar refractivity (Wildman–Crippen MR) is 107 cm³/mol. The molecule has 2 N–H and O–H groups in total. The van der Waals surface area contributed by atoms with E-state index < -0.39 is 0 Å². The van der Waals surface area contributed by atoms with Crippen molar-refractivity contribution in [3.05, 3.63) is 46.5 Å². The molecule has 10 heteroatoms. The number of nitrogens with one attached hydrogen (secondary N) is 1. The van der Waals surface area contributed by atoms with Gasteiger partial charge in [0.05, 0.1) is 25.4 Å². The van der Waals surface area contributed by atoms with Gasteiger partial charge in [-0.3, -0.25) is 14.3 Å². The van der Waals surface area contributed by atoms with Gasteiger partial charge in [-0.25, -0.2) is 14.2 Å². The zero-order valence-corrected chi connectivity index (χ0v) is 17.5. The average Bonchev–Trinajstić information content (AvgIpc) is 3.00. The van der Waals surface area contributed by atoms with Crippen molar-refractivity contribution in [1.29, 1.82) is 0 Å². The highest BCUT2D eigenvalue weighted by molar-refractivity contribution is 5.94. The smallest absolute Gasteiger partial charge is 0.322 e. The molecular formula is C20H26FN5O4. The molecule has 1 aromatic carbocycles. The van der Waals surface area contributed by atoms with Gasteiger partial charge in [0.15, 0.2) is 0 Å². The third kappa shape index (κ3) is 4.01. The van der Waals surface area contributed by atoms with E-state index in [4.69, 9.17) is 9.94 Å². The number of aryl methyl sites for hydroxylation is 1.